The maximum Gasteiger partial charge on any atom is 0.311 e. The van der Waals surface area contributed by atoms with Crippen LogP contribution < -0.4 is 5.73 Å². The first-order chi connectivity index (χ1) is 8.25. The van der Waals surface area contributed by atoms with Gasteiger partial charge in [0.25, 0.3) is 0 Å². The van der Waals surface area contributed by atoms with Crippen molar-refractivity contribution in [3.05, 3.63) is 29.8 Å². The van der Waals surface area contributed by atoms with Gasteiger partial charge in [-0.3, -0.25) is 4.79 Å². The molecule has 1 unspecified atom stereocenters. The van der Waals surface area contributed by atoms with Crippen LogP contribution in [0.15, 0.2) is 29.2 Å². The molecule has 0 saturated heterocycles. The van der Waals surface area contributed by atoms with Gasteiger partial charge in [0.05, 0.1) is 5.41 Å². The number of rotatable bonds is 5. The van der Waals surface area contributed by atoms with Crippen LogP contribution in [0.5, 0.6) is 0 Å². The summed E-state index contributed by atoms with van der Waals surface area (Å²) in [6.07, 6.45) is 0. The average Bonchev–Trinajstić information content (AvgIpc) is 2.28. The van der Waals surface area contributed by atoms with Crippen molar-refractivity contribution in [3.63, 3.8) is 0 Å². The molecule has 100 valence electrons. The van der Waals surface area contributed by atoms with Gasteiger partial charge >= 0.3 is 5.97 Å². The molecule has 1 rings (SSSR count). The number of aliphatic carboxylic acids is 1. The summed E-state index contributed by atoms with van der Waals surface area (Å²) in [6, 6.07) is 7.32. The van der Waals surface area contributed by atoms with E-state index in [-0.39, 0.29) is 0 Å². The molecule has 0 radical (unpaired) electrons. The van der Waals surface area contributed by atoms with Gasteiger partial charge in [0.2, 0.25) is 0 Å². The van der Waals surface area contributed by atoms with Gasteiger partial charge in [0.15, 0.2) is 0 Å². The van der Waals surface area contributed by atoms with Gasteiger partial charge < -0.3 is 10.8 Å². The van der Waals surface area contributed by atoms with E-state index in [9.17, 15) is 4.79 Å². The molecular formula is C14H21NO2S. The van der Waals surface area contributed by atoms with Crippen LogP contribution in [0.4, 0.5) is 0 Å². The van der Waals surface area contributed by atoms with Gasteiger partial charge in [-0.25, -0.2) is 0 Å². The summed E-state index contributed by atoms with van der Waals surface area (Å²) in [5.74, 6) is -0.879. The van der Waals surface area contributed by atoms with Gasteiger partial charge in [-0.05, 0) is 31.5 Å². The first-order valence-electron chi connectivity index (χ1n) is 6.00. The van der Waals surface area contributed by atoms with Gasteiger partial charge in [-0.1, -0.05) is 26.0 Å². The highest BCUT2D eigenvalue weighted by Gasteiger charge is 2.35. The third-order valence-corrected chi connectivity index (χ3v) is 3.96. The molecule has 0 aliphatic carbocycles. The van der Waals surface area contributed by atoms with E-state index in [4.69, 9.17) is 10.8 Å². The van der Waals surface area contributed by atoms with E-state index < -0.39 is 17.4 Å². The fourth-order valence-corrected chi connectivity index (χ4v) is 2.41. The van der Waals surface area contributed by atoms with Crippen molar-refractivity contribution < 1.29 is 9.90 Å². The number of benzene rings is 1. The lowest BCUT2D eigenvalue weighted by Gasteiger charge is -2.27. The normalized spacial score (nSPS) is 13.7. The molecule has 4 heteroatoms. The highest BCUT2D eigenvalue weighted by atomic mass is 32.2. The number of hydrogen-bond acceptors (Lipinski definition) is 3. The number of nitrogens with two attached hydrogens (primary N) is 1. The minimum atomic E-state index is -0.966. The van der Waals surface area contributed by atoms with Gasteiger partial charge in [0, 0.05) is 16.2 Å². The monoisotopic (exact) mass is 267 g/mol. The molecule has 0 aliphatic heterocycles. The molecule has 1 aromatic rings. The molecule has 3 nitrogen and oxygen atoms in total. The highest BCUT2D eigenvalue weighted by Crippen LogP contribution is 2.32. The molecule has 0 fully saturated rings. The van der Waals surface area contributed by atoms with E-state index in [0.29, 0.717) is 5.25 Å². The Bertz CT molecular complexity index is 412. The van der Waals surface area contributed by atoms with Crippen LogP contribution in [0.25, 0.3) is 0 Å². The Hall–Kier alpha value is -1.00. The van der Waals surface area contributed by atoms with E-state index in [1.165, 1.54) is 4.90 Å². The van der Waals surface area contributed by atoms with E-state index in [1.54, 1.807) is 25.6 Å². The lowest BCUT2D eigenvalue weighted by atomic mass is 9.81. The van der Waals surface area contributed by atoms with Crippen molar-refractivity contribution in [1.29, 1.82) is 0 Å². The summed E-state index contributed by atoms with van der Waals surface area (Å²) in [5.41, 5.74) is 5.93. The van der Waals surface area contributed by atoms with E-state index in [1.807, 2.05) is 24.3 Å². The fourth-order valence-electron chi connectivity index (χ4n) is 1.58. The summed E-state index contributed by atoms with van der Waals surface area (Å²) in [6.45, 7) is 7.57. The Balaban J connectivity index is 2.88. The Labute approximate surface area is 113 Å². The zero-order chi connectivity index (χ0) is 13.9. The Morgan fingerprint density at radius 3 is 2.17 bits per heavy atom. The van der Waals surface area contributed by atoms with Crippen LogP contribution in [0.1, 0.15) is 39.3 Å². The standard InChI is InChI=1S/C14H21NO2S/c1-9(2)18-11-7-5-10(6-8-11)12(15)14(3,4)13(16)17/h5-9,12H,15H2,1-4H3,(H,16,17). The summed E-state index contributed by atoms with van der Waals surface area (Å²) >= 11 is 1.78. The first kappa shape index (κ1) is 15.1. The fraction of sp³-hybridized carbons (Fsp3) is 0.500. The molecule has 0 amide bonds. The van der Waals surface area contributed by atoms with Crippen molar-refractivity contribution in [2.75, 3.05) is 0 Å². The molecule has 0 aliphatic rings. The average molecular weight is 267 g/mol. The molecule has 1 aromatic carbocycles. The third kappa shape index (κ3) is 3.50. The van der Waals surface area contributed by atoms with E-state index in [2.05, 4.69) is 13.8 Å². The molecule has 18 heavy (non-hydrogen) atoms. The summed E-state index contributed by atoms with van der Waals surface area (Å²) in [4.78, 5) is 12.3. The van der Waals surface area contributed by atoms with E-state index >= 15 is 0 Å². The second kappa shape index (κ2) is 5.76. The number of carboxylic acid groups (broad SMARTS) is 1. The molecule has 1 atom stereocenters. The third-order valence-electron chi connectivity index (χ3n) is 2.94. The van der Waals surface area contributed by atoms with Gasteiger partial charge in [0.1, 0.15) is 0 Å². The largest absolute Gasteiger partial charge is 0.481 e. The molecule has 0 heterocycles. The molecule has 0 bridgehead atoms. The second-order valence-electron chi connectivity index (χ2n) is 5.24. The number of hydrogen-bond donors (Lipinski definition) is 2. The lowest BCUT2D eigenvalue weighted by molar-refractivity contribution is -0.148. The summed E-state index contributed by atoms with van der Waals surface area (Å²) in [5, 5.41) is 9.69. The highest BCUT2D eigenvalue weighted by molar-refractivity contribution is 7.99. The van der Waals surface area contributed by atoms with Crippen LogP contribution in [-0.4, -0.2) is 16.3 Å². The number of thioether (sulfide) groups is 1. The second-order valence-corrected chi connectivity index (χ2v) is 6.89. The number of carboxylic acids is 1. The minimum absolute atomic E-state index is 0.506. The zero-order valence-electron chi connectivity index (χ0n) is 11.3. The molecule has 0 aromatic heterocycles. The van der Waals surface area contributed by atoms with E-state index in [0.717, 1.165) is 5.56 Å². The maximum atomic E-state index is 11.2. The quantitative estimate of drug-likeness (QED) is 0.803. The first-order valence-corrected chi connectivity index (χ1v) is 6.88. The Morgan fingerprint density at radius 1 is 1.28 bits per heavy atom. The maximum absolute atomic E-state index is 11.2. The smallest absolute Gasteiger partial charge is 0.311 e. The lowest BCUT2D eigenvalue weighted by Crippen LogP contribution is -2.36. The van der Waals surface area contributed by atoms with Crippen LogP contribution in [0.2, 0.25) is 0 Å². The Kier molecular flexibility index (Phi) is 4.82. The van der Waals surface area contributed by atoms with Crippen molar-refractivity contribution >= 4 is 17.7 Å². The number of carbonyl (C=O) groups is 1. The van der Waals surface area contributed by atoms with Crippen LogP contribution in [-0.2, 0) is 4.79 Å². The summed E-state index contributed by atoms with van der Waals surface area (Å²) < 4.78 is 0. The molecular weight excluding hydrogens is 246 g/mol. The van der Waals surface area contributed by atoms with Crippen LogP contribution in [0, 0.1) is 5.41 Å². The van der Waals surface area contributed by atoms with Gasteiger partial charge in [-0.2, -0.15) is 0 Å². The minimum Gasteiger partial charge on any atom is -0.481 e. The van der Waals surface area contributed by atoms with Crippen molar-refractivity contribution in [3.8, 4) is 0 Å². The van der Waals surface area contributed by atoms with Gasteiger partial charge in [-0.15, -0.1) is 11.8 Å². The van der Waals surface area contributed by atoms with Crippen molar-refractivity contribution in [2.45, 2.75) is 43.9 Å². The van der Waals surface area contributed by atoms with Crippen LogP contribution >= 0.6 is 11.8 Å². The predicted octanol–water partition coefficient (Wildman–Crippen LogP) is 3.30. The molecule has 3 N–H and O–H groups in total. The summed E-state index contributed by atoms with van der Waals surface area (Å²) in [7, 11) is 0. The Morgan fingerprint density at radius 2 is 1.78 bits per heavy atom. The molecule has 0 spiro atoms. The predicted molar refractivity (Wildman–Crippen MR) is 75.8 cm³/mol. The van der Waals surface area contributed by atoms with Crippen molar-refractivity contribution in [1.82, 2.24) is 0 Å². The topological polar surface area (TPSA) is 63.3 Å². The SMILES string of the molecule is CC(C)Sc1ccc(C(N)C(C)(C)C(=O)O)cc1. The van der Waals surface area contributed by atoms with Crippen molar-refractivity contribution in [2.24, 2.45) is 11.1 Å². The molecule has 0 saturated carbocycles. The van der Waals surface area contributed by atoms with Crippen LogP contribution in [0.3, 0.4) is 0 Å². The zero-order valence-corrected chi connectivity index (χ0v) is 12.1.